The Hall–Kier alpha value is -2.93. The Morgan fingerprint density at radius 1 is 0.538 bits per heavy atom. The van der Waals surface area contributed by atoms with Crippen molar-refractivity contribution in [3.63, 3.8) is 0 Å². The van der Waals surface area contributed by atoms with Crippen LogP contribution in [0.4, 0.5) is 0 Å². The summed E-state index contributed by atoms with van der Waals surface area (Å²) < 4.78 is 26.9. The molecule has 5 rings (SSSR count). The molecule has 5 atom stereocenters. The lowest BCUT2D eigenvalue weighted by Crippen LogP contribution is -2.56. The maximum atomic E-state index is 6.83. The number of thioether (sulfide) groups is 1. The molecular weight excluding hydrogens is 504 g/mol. The van der Waals surface area contributed by atoms with Crippen molar-refractivity contribution in [2.24, 2.45) is 0 Å². The second kappa shape index (κ2) is 14.5. The molecule has 202 valence electrons. The van der Waals surface area contributed by atoms with Crippen LogP contribution in [0.3, 0.4) is 0 Å². The van der Waals surface area contributed by atoms with E-state index in [-0.39, 0.29) is 29.9 Å². The first kappa shape index (κ1) is 27.6. The molecule has 1 aliphatic rings. The summed E-state index contributed by atoms with van der Waals surface area (Å²) in [5.41, 5.74) is 4.21. The van der Waals surface area contributed by atoms with Crippen LogP contribution in [0, 0.1) is 0 Å². The van der Waals surface area contributed by atoms with Crippen molar-refractivity contribution in [2.45, 2.75) is 56.6 Å². The fourth-order valence-electron chi connectivity index (χ4n) is 4.87. The van der Waals surface area contributed by atoms with Gasteiger partial charge in [-0.15, -0.1) is 11.8 Å². The monoisotopic (exact) mass is 540 g/mol. The van der Waals surface area contributed by atoms with E-state index in [1.807, 2.05) is 72.8 Å². The summed E-state index contributed by atoms with van der Waals surface area (Å²) in [6.45, 7) is 3.55. The molecule has 39 heavy (non-hydrogen) atoms. The normalized spacial score (nSPS) is 22.9. The predicted octanol–water partition coefficient (Wildman–Crippen LogP) is 7.59. The van der Waals surface area contributed by atoms with E-state index in [0.717, 1.165) is 28.0 Å². The zero-order valence-corrected chi connectivity index (χ0v) is 23.1. The van der Waals surface area contributed by atoms with Gasteiger partial charge in [-0.25, -0.2) is 0 Å². The van der Waals surface area contributed by atoms with E-state index in [1.54, 1.807) is 11.8 Å². The van der Waals surface area contributed by atoms with E-state index in [2.05, 4.69) is 55.5 Å². The zero-order chi connectivity index (χ0) is 26.7. The van der Waals surface area contributed by atoms with E-state index in [4.69, 9.17) is 18.9 Å². The Bertz CT molecular complexity index is 1220. The van der Waals surface area contributed by atoms with Crippen molar-refractivity contribution in [3.05, 3.63) is 144 Å². The topological polar surface area (TPSA) is 36.9 Å². The minimum absolute atomic E-state index is 0.207. The number of hydrogen-bond acceptors (Lipinski definition) is 5. The quantitative estimate of drug-likeness (QED) is 0.185. The minimum atomic E-state index is -0.370. The van der Waals surface area contributed by atoms with E-state index in [9.17, 15) is 0 Å². The van der Waals surface area contributed by atoms with Gasteiger partial charge >= 0.3 is 0 Å². The molecule has 4 aromatic carbocycles. The van der Waals surface area contributed by atoms with E-state index in [1.165, 1.54) is 0 Å². The highest BCUT2D eigenvalue weighted by molar-refractivity contribution is 7.99. The van der Waals surface area contributed by atoms with Crippen LogP contribution in [-0.4, -0.2) is 29.5 Å². The van der Waals surface area contributed by atoms with Crippen LogP contribution in [0.25, 0.3) is 0 Å². The van der Waals surface area contributed by atoms with Crippen LogP contribution in [-0.2, 0) is 38.8 Å². The second-order valence-corrected chi connectivity index (χ2v) is 11.0. The summed E-state index contributed by atoms with van der Waals surface area (Å²) in [4.78, 5) is 0. The highest BCUT2D eigenvalue weighted by Crippen LogP contribution is 2.41. The fourth-order valence-corrected chi connectivity index (χ4v) is 5.82. The Morgan fingerprint density at radius 2 is 0.949 bits per heavy atom. The van der Waals surface area contributed by atoms with Crippen LogP contribution in [0.2, 0.25) is 0 Å². The largest absolute Gasteiger partial charge is 0.368 e. The Kier molecular flexibility index (Phi) is 10.2. The zero-order valence-electron chi connectivity index (χ0n) is 22.3. The second-order valence-electron chi connectivity index (χ2n) is 9.57. The molecule has 0 spiro atoms. The average Bonchev–Trinajstić information content (AvgIpc) is 3.00. The smallest absolute Gasteiger partial charge is 0.133 e. The van der Waals surface area contributed by atoms with Crippen LogP contribution < -0.4 is 0 Å². The van der Waals surface area contributed by atoms with Crippen LogP contribution in [0.15, 0.2) is 121 Å². The first-order valence-electron chi connectivity index (χ1n) is 13.6. The summed E-state index contributed by atoms with van der Waals surface area (Å²) in [5.74, 6) is 0.901. The summed E-state index contributed by atoms with van der Waals surface area (Å²) in [6, 6.07) is 41.1. The van der Waals surface area contributed by atoms with Crippen LogP contribution in [0.1, 0.15) is 35.3 Å². The molecule has 0 amide bonds. The number of rotatable bonds is 12. The molecule has 1 unspecified atom stereocenters. The van der Waals surface area contributed by atoms with Gasteiger partial charge in [-0.1, -0.05) is 128 Å². The molecule has 1 fully saturated rings. The molecule has 0 saturated carbocycles. The van der Waals surface area contributed by atoms with Crippen molar-refractivity contribution in [1.29, 1.82) is 0 Å². The molecule has 0 aliphatic carbocycles. The fraction of sp³-hybridized carbons (Fsp3) is 0.294. The maximum absolute atomic E-state index is 6.83. The molecule has 1 saturated heterocycles. The van der Waals surface area contributed by atoms with E-state index in [0.29, 0.717) is 19.8 Å². The van der Waals surface area contributed by atoms with Crippen molar-refractivity contribution < 1.29 is 18.9 Å². The van der Waals surface area contributed by atoms with Crippen molar-refractivity contribution >= 4 is 11.8 Å². The van der Waals surface area contributed by atoms with Gasteiger partial charge in [-0.3, -0.25) is 0 Å². The highest BCUT2D eigenvalue weighted by Gasteiger charge is 2.48. The Labute approximate surface area is 236 Å². The summed E-state index contributed by atoms with van der Waals surface area (Å²) in [6.07, 6.45) is -1.33. The van der Waals surface area contributed by atoms with Gasteiger partial charge in [0.2, 0.25) is 0 Å². The van der Waals surface area contributed by atoms with E-state index < -0.39 is 0 Å². The maximum Gasteiger partial charge on any atom is 0.133 e. The summed E-state index contributed by atoms with van der Waals surface area (Å²) >= 11 is 1.75. The number of hydrogen-bond donors (Lipinski definition) is 0. The van der Waals surface area contributed by atoms with Gasteiger partial charge in [0, 0.05) is 0 Å². The predicted molar refractivity (Wildman–Crippen MR) is 157 cm³/mol. The van der Waals surface area contributed by atoms with Gasteiger partial charge in [0.05, 0.1) is 19.8 Å². The third kappa shape index (κ3) is 7.59. The molecule has 4 aromatic rings. The van der Waals surface area contributed by atoms with Crippen molar-refractivity contribution in [1.82, 2.24) is 0 Å². The van der Waals surface area contributed by atoms with Crippen molar-refractivity contribution in [3.8, 4) is 0 Å². The molecule has 0 N–H and O–H groups in total. The van der Waals surface area contributed by atoms with Gasteiger partial charge in [0.1, 0.15) is 29.9 Å². The van der Waals surface area contributed by atoms with Gasteiger partial charge in [-0.05, 0) is 28.0 Å². The standard InChI is InChI=1S/C34H36O4S/c1-2-39-34-33(37-25-28-19-11-5-12-20-28)32(36-24-27-17-9-4-10-18-27)31(35-23-26-15-7-3-8-16-26)30(38-34)29-21-13-6-14-22-29/h3-22,30-34H,2,23-25H2,1H3/t30-,31+,32+,33-,34?/m0/s1. The molecule has 0 aromatic heterocycles. The van der Waals surface area contributed by atoms with Gasteiger partial charge in [0.15, 0.2) is 0 Å². The van der Waals surface area contributed by atoms with E-state index >= 15 is 0 Å². The molecule has 1 heterocycles. The third-order valence-electron chi connectivity index (χ3n) is 6.81. The Balaban J connectivity index is 1.48. The molecule has 4 nitrogen and oxygen atoms in total. The first-order chi connectivity index (χ1) is 19.3. The third-order valence-corrected chi connectivity index (χ3v) is 7.85. The van der Waals surface area contributed by atoms with Gasteiger partial charge in [0.25, 0.3) is 0 Å². The lowest BCUT2D eigenvalue weighted by atomic mass is 9.93. The highest BCUT2D eigenvalue weighted by atomic mass is 32.2. The molecule has 0 bridgehead atoms. The minimum Gasteiger partial charge on any atom is -0.368 e. The van der Waals surface area contributed by atoms with Crippen LogP contribution in [0.5, 0.6) is 0 Å². The average molecular weight is 541 g/mol. The Morgan fingerprint density at radius 3 is 1.41 bits per heavy atom. The van der Waals surface area contributed by atoms with Crippen molar-refractivity contribution in [2.75, 3.05) is 5.75 Å². The molecule has 0 radical (unpaired) electrons. The molecular formula is C34H36O4S. The molecule has 1 aliphatic heterocycles. The lowest BCUT2D eigenvalue weighted by molar-refractivity contribution is -0.249. The van der Waals surface area contributed by atoms with Gasteiger partial charge < -0.3 is 18.9 Å². The number of ether oxygens (including phenoxy) is 4. The number of benzene rings is 4. The van der Waals surface area contributed by atoms with Crippen LogP contribution >= 0.6 is 11.8 Å². The summed E-state index contributed by atoms with van der Waals surface area (Å²) in [5, 5.41) is 0. The SMILES string of the molecule is CCSC1O[C@@H](c2ccccc2)[C@@H](OCc2ccccc2)[C@@H](OCc2ccccc2)[C@@H]1OCc1ccccc1. The van der Waals surface area contributed by atoms with Gasteiger partial charge in [-0.2, -0.15) is 0 Å². The lowest BCUT2D eigenvalue weighted by Gasteiger charge is -2.46. The first-order valence-corrected chi connectivity index (χ1v) is 14.7. The molecule has 5 heteroatoms. The summed E-state index contributed by atoms with van der Waals surface area (Å²) in [7, 11) is 0.